The number of carbonyl (C=O) groups is 1. The Labute approximate surface area is 120 Å². The Bertz CT molecular complexity index is 159. The van der Waals surface area contributed by atoms with Crippen molar-refractivity contribution < 1.29 is 14.6 Å². The van der Waals surface area contributed by atoms with Crippen molar-refractivity contribution in [3.05, 3.63) is 0 Å². The third-order valence-corrected chi connectivity index (χ3v) is 1.81. The van der Waals surface area contributed by atoms with Gasteiger partial charge in [-0.25, -0.2) is 0 Å². The molecule has 0 spiro atoms. The van der Waals surface area contributed by atoms with Crippen LogP contribution in [0.1, 0.15) is 74.1 Å². The molecule has 1 saturated heterocycles. The van der Waals surface area contributed by atoms with Gasteiger partial charge in [0.05, 0.1) is 0 Å². The van der Waals surface area contributed by atoms with Crippen molar-refractivity contribution in [3.63, 3.8) is 0 Å². The molecule has 1 aliphatic heterocycles. The van der Waals surface area contributed by atoms with Gasteiger partial charge in [0.1, 0.15) is 0 Å². The second kappa shape index (κ2) is 19.8. The van der Waals surface area contributed by atoms with Gasteiger partial charge in [-0.1, -0.05) is 54.9 Å². The van der Waals surface area contributed by atoms with Crippen LogP contribution in [0.4, 0.5) is 0 Å². The molecule has 0 aromatic carbocycles. The molecule has 1 N–H and O–H groups in total. The average Bonchev–Trinajstić information content (AvgIpc) is 2.31. The molecule has 0 aliphatic carbocycles. The summed E-state index contributed by atoms with van der Waals surface area (Å²) in [7, 11) is 0. The lowest BCUT2D eigenvalue weighted by Gasteiger charge is -2.16. The zero-order valence-electron chi connectivity index (χ0n) is 14.2. The van der Waals surface area contributed by atoms with Gasteiger partial charge < -0.3 is 9.84 Å². The minimum Gasteiger partial charge on any atom is -0.481 e. The Morgan fingerprint density at radius 2 is 1.42 bits per heavy atom. The number of ether oxygens (including phenoxy) is 1. The van der Waals surface area contributed by atoms with Crippen LogP contribution >= 0.6 is 0 Å². The molecule has 0 saturated carbocycles. The van der Waals surface area contributed by atoms with Crippen molar-refractivity contribution in [1.29, 1.82) is 0 Å². The van der Waals surface area contributed by atoms with Crippen molar-refractivity contribution in [2.75, 3.05) is 13.2 Å². The Kier molecular flexibility index (Phi) is 24.5. The summed E-state index contributed by atoms with van der Waals surface area (Å²) < 4.78 is 5.14. The number of hydrogen-bond donors (Lipinski definition) is 1. The highest BCUT2D eigenvalue weighted by molar-refractivity contribution is 5.66. The number of rotatable bonds is 1. The van der Waals surface area contributed by atoms with Crippen molar-refractivity contribution in [2.45, 2.75) is 74.1 Å². The lowest BCUT2D eigenvalue weighted by atomic mass is 10.0. The van der Waals surface area contributed by atoms with E-state index in [1.807, 2.05) is 0 Å². The van der Waals surface area contributed by atoms with Gasteiger partial charge in [0, 0.05) is 19.6 Å². The zero-order valence-corrected chi connectivity index (χ0v) is 14.2. The molecule has 3 nitrogen and oxygen atoms in total. The first-order chi connectivity index (χ1) is 8.81. The first-order valence-corrected chi connectivity index (χ1v) is 7.61. The standard InChI is InChI=1S/C6H12O.C4H10.C3H6O2.C3H8/c1-6-2-4-7-5-3-6;1-4(2)3;1-2-3(4)5;1-3-2/h6H,2-5H2,1H3;4H,1-3H3;2H2,1H3,(H,4,5);3H2,1-2H3. The molecular weight excluding hydrogens is 240 g/mol. The summed E-state index contributed by atoms with van der Waals surface area (Å²) in [6.45, 7) is 16.6. The summed E-state index contributed by atoms with van der Waals surface area (Å²) in [6, 6.07) is 0. The smallest absolute Gasteiger partial charge is 0.303 e. The Morgan fingerprint density at radius 1 is 1.16 bits per heavy atom. The number of carboxylic acids is 1. The largest absolute Gasteiger partial charge is 0.481 e. The molecular formula is C16H36O3. The highest BCUT2D eigenvalue weighted by Crippen LogP contribution is 2.11. The van der Waals surface area contributed by atoms with Gasteiger partial charge in [0.15, 0.2) is 0 Å². The molecule has 118 valence electrons. The molecule has 0 amide bonds. The molecule has 0 aromatic heterocycles. The van der Waals surface area contributed by atoms with Gasteiger partial charge in [-0.2, -0.15) is 0 Å². The molecule has 3 heteroatoms. The summed E-state index contributed by atoms with van der Waals surface area (Å²) in [5.41, 5.74) is 0. The molecule has 1 heterocycles. The lowest BCUT2D eigenvalue weighted by Crippen LogP contribution is -2.12. The quantitative estimate of drug-likeness (QED) is 0.733. The Balaban J connectivity index is -0.000000191. The SMILES string of the molecule is CC(C)C.CC1CCOCC1.CCC.CCC(=O)O. The molecule has 0 unspecified atom stereocenters. The Morgan fingerprint density at radius 3 is 1.53 bits per heavy atom. The fourth-order valence-electron chi connectivity index (χ4n) is 0.815. The molecule has 0 radical (unpaired) electrons. The van der Waals surface area contributed by atoms with Crippen LogP contribution in [0, 0.1) is 11.8 Å². The summed E-state index contributed by atoms with van der Waals surface area (Å²) >= 11 is 0. The van der Waals surface area contributed by atoms with Crippen LogP contribution in [0.15, 0.2) is 0 Å². The van der Waals surface area contributed by atoms with Crippen LogP contribution < -0.4 is 0 Å². The molecule has 1 fully saturated rings. The predicted octanol–water partition coefficient (Wildman–Crippen LogP) is 4.99. The van der Waals surface area contributed by atoms with E-state index < -0.39 is 5.97 Å². The lowest BCUT2D eigenvalue weighted by molar-refractivity contribution is -0.136. The van der Waals surface area contributed by atoms with E-state index in [2.05, 4.69) is 41.5 Å². The molecule has 1 rings (SSSR count). The highest BCUT2D eigenvalue weighted by atomic mass is 16.5. The van der Waals surface area contributed by atoms with Crippen LogP contribution in [0.3, 0.4) is 0 Å². The van der Waals surface area contributed by atoms with Gasteiger partial charge in [-0.3, -0.25) is 4.79 Å². The first kappa shape index (κ1) is 23.5. The molecule has 0 atom stereocenters. The average molecular weight is 276 g/mol. The third-order valence-electron chi connectivity index (χ3n) is 1.81. The van der Waals surface area contributed by atoms with E-state index in [4.69, 9.17) is 9.84 Å². The second-order valence-electron chi connectivity index (χ2n) is 5.48. The van der Waals surface area contributed by atoms with Crippen molar-refractivity contribution in [2.24, 2.45) is 11.8 Å². The minimum atomic E-state index is -0.745. The fourth-order valence-corrected chi connectivity index (χ4v) is 0.815. The number of carboxylic acid groups (broad SMARTS) is 1. The van der Waals surface area contributed by atoms with Crippen molar-refractivity contribution >= 4 is 5.97 Å². The summed E-state index contributed by atoms with van der Waals surface area (Å²) in [5, 5.41) is 7.72. The van der Waals surface area contributed by atoms with Gasteiger partial charge in [0.25, 0.3) is 0 Å². The zero-order chi connectivity index (χ0) is 15.7. The van der Waals surface area contributed by atoms with Gasteiger partial charge in [-0.05, 0) is 24.7 Å². The van der Waals surface area contributed by atoms with E-state index in [0.717, 1.165) is 25.0 Å². The molecule has 19 heavy (non-hydrogen) atoms. The van der Waals surface area contributed by atoms with E-state index in [0.29, 0.717) is 0 Å². The van der Waals surface area contributed by atoms with E-state index in [-0.39, 0.29) is 6.42 Å². The van der Waals surface area contributed by atoms with Crippen LogP contribution in [-0.2, 0) is 9.53 Å². The predicted molar refractivity (Wildman–Crippen MR) is 83.6 cm³/mol. The van der Waals surface area contributed by atoms with Crippen LogP contribution in [0.5, 0.6) is 0 Å². The highest BCUT2D eigenvalue weighted by Gasteiger charge is 2.06. The maximum absolute atomic E-state index is 9.37. The molecule has 1 aliphatic rings. The number of hydrogen-bond acceptors (Lipinski definition) is 2. The van der Waals surface area contributed by atoms with E-state index in [9.17, 15) is 4.79 Å². The van der Waals surface area contributed by atoms with Gasteiger partial charge in [0.2, 0.25) is 0 Å². The first-order valence-electron chi connectivity index (χ1n) is 7.61. The summed E-state index contributed by atoms with van der Waals surface area (Å²) in [5.74, 6) is 0.999. The summed E-state index contributed by atoms with van der Waals surface area (Å²) in [4.78, 5) is 9.37. The normalized spacial score (nSPS) is 14.1. The monoisotopic (exact) mass is 276 g/mol. The molecule has 0 aromatic rings. The van der Waals surface area contributed by atoms with Crippen molar-refractivity contribution in [1.82, 2.24) is 0 Å². The van der Waals surface area contributed by atoms with Crippen LogP contribution in [0.25, 0.3) is 0 Å². The maximum Gasteiger partial charge on any atom is 0.303 e. The maximum atomic E-state index is 9.37. The van der Waals surface area contributed by atoms with Crippen LogP contribution in [0.2, 0.25) is 0 Å². The minimum absolute atomic E-state index is 0.222. The second-order valence-corrected chi connectivity index (χ2v) is 5.48. The number of aliphatic carboxylic acids is 1. The Hall–Kier alpha value is -0.570. The van der Waals surface area contributed by atoms with E-state index >= 15 is 0 Å². The topological polar surface area (TPSA) is 46.5 Å². The van der Waals surface area contributed by atoms with E-state index in [1.165, 1.54) is 19.3 Å². The third kappa shape index (κ3) is 46.7. The molecule has 0 bridgehead atoms. The van der Waals surface area contributed by atoms with Gasteiger partial charge in [-0.15, -0.1) is 0 Å². The summed E-state index contributed by atoms with van der Waals surface area (Å²) in [6.07, 6.45) is 4.00. The van der Waals surface area contributed by atoms with Crippen molar-refractivity contribution in [3.8, 4) is 0 Å². The fraction of sp³-hybridized carbons (Fsp3) is 0.938. The van der Waals surface area contributed by atoms with E-state index in [1.54, 1.807) is 6.92 Å². The van der Waals surface area contributed by atoms with Crippen LogP contribution in [-0.4, -0.2) is 24.3 Å². The van der Waals surface area contributed by atoms with Gasteiger partial charge >= 0.3 is 5.97 Å².